The van der Waals surface area contributed by atoms with Gasteiger partial charge in [0.1, 0.15) is 5.78 Å². The Labute approximate surface area is 85.1 Å². The van der Waals surface area contributed by atoms with Crippen molar-refractivity contribution < 1.29 is 18.0 Å². The number of ketones is 1. The van der Waals surface area contributed by atoms with Gasteiger partial charge in [-0.15, -0.1) is 0 Å². The third kappa shape index (κ3) is 3.34. The highest BCUT2D eigenvalue weighted by Gasteiger charge is 2.33. The summed E-state index contributed by atoms with van der Waals surface area (Å²) < 4.78 is 37.3. The SMILES string of the molecule is CC(=O)CCc1ncccc1C(F)(F)F. The fraction of sp³-hybridized carbons (Fsp3) is 0.400. The second-order valence-corrected chi connectivity index (χ2v) is 3.20. The van der Waals surface area contributed by atoms with E-state index in [4.69, 9.17) is 0 Å². The molecule has 2 nitrogen and oxygen atoms in total. The summed E-state index contributed by atoms with van der Waals surface area (Å²) in [5.74, 6) is -0.145. The van der Waals surface area contributed by atoms with E-state index in [9.17, 15) is 18.0 Å². The zero-order chi connectivity index (χ0) is 11.5. The minimum absolute atomic E-state index is 0.0328. The molecule has 0 saturated heterocycles. The highest BCUT2D eigenvalue weighted by Crippen LogP contribution is 2.31. The van der Waals surface area contributed by atoms with Crippen molar-refractivity contribution in [3.05, 3.63) is 29.6 Å². The number of pyridine rings is 1. The first-order chi connectivity index (χ1) is 6.91. The van der Waals surface area contributed by atoms with Gasteiger partial charge in [-0.25, -0.2) is 0 Å². The molecule has 0 aliphatic heterocycles. The van der Waals surface area contributed by atoms with Crippen molar-refractivity contribution in [1.29, 1.82) is 0 Å². The molecule has 15 heavy (non-hydrogen) atoms. The van der Waals surface area contributed by atoms with Crippen LogP contribution in [0.25, 0.3) is 0 Å². The maximum atomic E-state index is 12.4. The van der Waals surface area contributed by atoms with Crippen LogP contribution in [0.15, 0.2) is 18.3 Å². The van der Waals surface area contributed by atoms with Gasteiger partial charge in [-0.3, -0.25) is 4.98 Å². The van der Waals surface area contributed by atoms with E-state index in [1.54, 1.807) is 0 Å². The molecule has 0 fully saturated rings. The van der Waals surface area contributed by atoms with E-state index in [0.717, 1.165) is 6.07 Å². The second kappa shape index (κ2) is 4.42. The molecule has 1 aromatic rings. The van der Waals surface area contributed by atoms with Crippen molar-refractivity contribution in [3.63, 3.8) is 0 Å². The van der Waals surface area contributed by atoms with Crippen molar-refractivity contribution in [2.75, 3.05) is 0 Å². The molecule has 0 unspecified atom stereocenters. The average Bonchev–Trinajstić information content (AvgIpc) is 2.13. The van der Waals surface area contributed by atoms with Gasteiger partial charge in [-0.2, -0.15) is 13.2 Å². The molecule has 0 radical (unpaired) electrons. The van der Waals surface area contributed by atoms with Gasteiger partial charge in [-0.05, 0) is 25.5 Å². The molecule has 0 bridgehead atoms. The van der Waals surface area contributed by atoms with Crippen LogP contribution in [0.4, 0.5) is 13.2 Å². The molecule has 5 heteroatoms. The molecule has 1 aromatic heterocycles. The van der Waals surface area contributed by atoms with Gasteiger partial charge < -0.3 is 4.79 Å². The van der Waals surface area contributed by atoms with E-state index in [1.807, 2.05) is 0 Å². The lowest BCUT2D eigenvalue weighted by atomic mass is 10.1. The topological polar surface area (TPSA) is 30.0 Å². The highest BCUT2D eigenvalue weighted by molar-refractivity contribution is 5.75. The lowest BCUT2D eigenvalue weighted by molar-refractivity contribution is -0.138. The lowest BCUT2D eigenvalue weighted by Crippen LogP contribution is -2.11. The fourth-order valence-electron chi connectivity index (χ4n) is 1.19. The Balaban J connectivity index is 2.92. The molecule has 82 valence electrons. The third-order valence-electron chi connectivity index (χ3n) is 1.91. The number of Topliss-reactive ketones (excluding diaryl/α,β-unsaturated/α-hetero) is 1. The lowest BCUT2D eigenvalue weighted by Gasteiger charge is -2.10. The predicted octanol–water partition coefficient (Wildman–Crippen LogP) is 2.62. The number of aryl methyl sites for hydroxylation is 1. The summed E-state index contributed by atoms with van der Waals surface area (Å²) in [6.07, 6.45) is -2.99. The number of hydrogen-bond acceptors (Lipinski definition) is 2. The third-order valence-corrected chi connectivity index (χ3v) is 1.91. The monoisotopic (exact) mass is 217 g/mol. The zero-order valence-corrected chi connectivity index (χ0v) is 8.14. The van der Waals surface area contributed by atoms with Gasteiger partial charge in [0, 0.05) is 12.6 Å². The summed E-state index contributed by atoms with van der Waals surface area (Å²) in [7, 11) is 0. The number of rotatable bonds is 3. The normalized spacial score (nSPS) is 11.5. The smallest absolute Gasteiger partial charge is 0.300 e. The van der Waals surface area contributed by atoms with Gasteiger partial charge in [0.05, 0.1) is 11.3 Å². The number of carbonyl (C=O) groups excluding carboxylic acids is 1. The van der Waals surface area contributed by atoms with Crippen molar-refractivity contribution in [3.8, 4) is 0 Å². The van der Waals surface area contributed by atoms with Crippen LogP contribution in [0.1, 0.15) is 24.6 Å². The molecule has 0 amide bonds. The summed E-state index contributed by atoms with van der Waals surface area (Å²) in [5.41, 5.74) is -0.827. The molecular weight excluding hydrogens is 207 g/mol. The van der Waals surface area contributed by atoms with Crippen LogP contribution in [0.2, 0.25) is 0 Å². The zero-order valence-electron chi connectivity index (χ0n) is 8.14. The molecule has 1 heterocycles. The second-order valence-electron chi connectivity index (χ2n) is 3.20. The van der Waals surface area contributed by atoms with Crippen LogP contribution in [-0.4, -0.2) is 10.8 Å². The van der Waals surface area contributed by atoms with Crippen LogP contribution in [0.5, 0.6) is 0 Å². The minimum Gasteiger partial charge on any atom is -0.300 e. The summed E-state index contributed by atoms with van der Waals surface area (Å²) in [6.45, 7) is 1.34. The summed E-state index contributed by atoms with van der Waals surface area (Å²) in [5, 5.41) is 0. The van der Waals surface area contributed by atoms with Gasteiger partial charge in [0.15, 0.2) is 0 Å². The Morgan fingerprint density at radius 1 is 1.47 bits per heavy atom. The van der Waals surface area contributed by atoms with E-state index < -0.39 is 11.7 Å². The van der Waals surface area contributed by atoms with Crippen molar-refractivity contribution in [2.24, 2.45) is 0 Å². The predicted molar refractivity (Wildman–Crippen MR) is 48.2 cm³/mol. The maximum Gasteiger partial charge on any atom is 0.418 e. The number of hydrogen-bond donors (Lipinski definition) is 0. The number of alkyl halides is 3. The first kappa shape index (κ1) is 11.7. The van der Waals surface area contributed by atoms with Crippen LogP contribution >= 0.6 is 0 Å². The van der Waals surface area contributed by atoms with Gasteiger partial charge >= 0.3 is 6.18 Å². The quantitative estimate of drug-likeness (QED) is 0.778. The Bertz CT molecular complexity index is 360. The van der Waals surface area contributed by atoms with Gasteiger partial charge in [0.2, 0.25) is 0 Å². The number of carbonyl (C=O) groups is 1. The molecule has 0 saturated carbocycles. The van der Waals surface area contributed by atoms with E-state index in [2.05, 4.69) is 4.98 Å². The molecule has 0 N–H and O–H groups in total. The van der Waals surface area contributed by atoms with Crippen molar-refractivity contribution in [1.82, 2.24) is 4.98 Å². The maximum absolute atomic E-state index is 12.4. The number of halogens is 3. The van der Waals surface area contributed by atoms with E-state index in [-0.39, 0.29) is 24.3 Å². The molecule has 1 rings (SSSR count). The average molecular weight is 217 g/mol. The van der Waals surface area contributed by atoms with Crippen molar-refractivity contribution >= 4 is 5.78 Å². The Morgan fingerprint density at radius 3 is 2.67 bits per heavy atom. The molecule has 0 aromatic carbocycles. The van der Waals surface area contributed by atoms with Crippen LogP contribution < -0.4 is 0 Å². The molecule has 0 atom stereocenters. The Hall–Kier alpha value is -1.39. The fourth-order valence-corrected chi connectivity index (χ4v) is 1.19. The Kier molecular flexibility index (Phi) is 3.44. The van der Waals surface area contributed by atoms with E-state index in [0.29, 0.717) is 0 Å². The summed E-state index contributed by atoms with van der Waals surface area (Å²) in [4.78, 5) is 14.3. The Morgan fingerprint density at radius 2 is 2.13 bits per heavy atom. The molecule has 0 aliphatic carbocycles. The molecular formula is C10H10F3NO. The largest absolute Gasteiger partial charge is 0.418 e. The highest BCUT2D eigenvalue weighted by atomic mass is 19.4. The van der Waals surface area contributed by atoms with Crippen molar-refractivity contribution in [2.45, 2.75) is 25.9 Å². The number of aromatic nitrogens is 1. The summed E-state index contributed by atoms with van der Waals surface area (Å²) >= 11 is 0. The van der Waals surface area contributed by atoms with Crippen LogP contribution in [0.3, 0.4) is 0 Å². The van der Waals surface area contributed by atoms with Crippen LogP contribution in [0, 0.1) is 0 Å². The van der Waals surface area contributed by atoms with Gasteiger partial charge in [0.25, 0.3) is 0 Å². The minimum atomic E-state index is -4.40. The van der Waals surface area contributed by atoms with Crippen LogP contribution in [-0.2, 0) is 17.4 Å². The van der Waals surface area contributed by atoms with E-state index in [1.165, 1.54) is 19.2 Å². The van der Waals surface area contributed by atoms with E-state index >= 15 is 0 Å². The molecule has 0 spiro atoms. The number of nitrogens with zero attached hydrogens (tertiary/aromatic N) is 1. The van der Waals surface area contributed by atoms with Gasteiger partial charge in [-0.1, -0.05) is 0 Å². The summed E-state index contributed by atoms with van der Waals surface area (Å²) in [6, 6.07) is 2.21. The first-order valence-corrected chi connectivity index (χ1v) is 4.42. The standard InChI is InChI=1S/C10H10F3NO/c1-7(15)4-5-9-8(10(11,12)13)3-2-6-14-9/h2-3,6H,4-5H2,1H3. The molecule has 0 aliphatic rings. The first-order valence-electron chi connectivity index (χ1n) is 4.42.